The van der Waals surface area contributed by atoms with Crippen molar-refractivity contribution < 1.29 is 4.79 Å². The third kappa shape index (κ3) is 2.87. The maximum Gasteiger partial charge on any atom is 0.264 e. The number of carbonyl (C=O) groups is 1. The number of benzene rings is 1. The fourth-order valence-corrected chi connectivity index (χ4v) is 5.78. The Labute approximate surface area is 149 Å². The molecule has 1 unspecified atom stereocenters. The van der Waals surface area contributed by atoms with Gasteiger partial charge in [-0.05, 0) is 32.0 Å². The van der Waals surface area contributed by atoms with Crippen molar-refractivity contribution >= 4 is 60.5 Å². The van der Waals surface area contributed by atoms with Crippen molar-refractivity contribution in [2.75, 3.05) is 20.1 Å². The van der Waals surface area contributed by atoms with E-state index in [2.05, 4.69) is 35.6 Å². The largest absolute Gasteiger partial charge is 0.334 e. The van der Waals surface area contributed by atoms with Gasteiger partial charge in [0.2, 0.25) is 0 Å². The molecule has 3 heterocycles. The van der Waals surface area contributed by atoms with Crippen LogP contribution in [0.15, 0.2) is 30.3 Å². The SMILES string of the molecule is CNCC1CCCN1C(=O)c1cc2sc3ccccc3c2s1.Cl. The molecule has 1 amide bonds. The lowest BCUT2D eigenvalue weighted by atomic mass is 10.2. The van der Waals surface area contributed by atoms with Crippen LogP contribution in [0.2, 0.25) is 0 Å². The van der Waals surface area contributed by atoms with E-state index in [-0.39, 0.29) is 18.3 Å². The number of nitrogens with one attached hydrogen (secondary N) is 1. The number of fused-ring (bicyclic) bond motifs is 3. The van der Waals surface area contributed by atoms with Crippen LogP contribution < -0.4 is 5.32 Å². The summed E-state index contributed by atoms with van der Waals surface area (Å²) in [6.07, 6.45) is 2.22. The fourth-order valence-electron chi connectivity index (χ4n) is 3.30. The van der Waals surface area contributed by atoms with E-state index in [4.69, 9.17) is 0 Å². The number of hydrogen-bond acceptors (Lipinski definition) is 4. The van der Waals surface area contributed by atoms with Crippen LogP contribution in [0.1, 0.15) is 22.5 Å². The van der Waals surface area contributed by atoms with Crippen molar-refractivity contribution in [1.82, 2.24) is 10.2 Å². The number of likely N-dealkylation sites (N-methyl/N-ethyl adjacent to an activating group) is 1. The van der Waals surface area contributed by atoms with Crippen molar-refractivity contribution in [2.45, 2.75) is 18.9 Å². The molecule has 122 valence electrons. The zero-order valence-electron chi connectivity index (χ0n) is 12.9. The van der Waals surface area contributed by atoms with Gasteiger partial charge in [-0.2, -0.15) is 0 Å². The molecule has 1 atom stereocenters. The van der Waals surface area contributed by atoms with Crippen molar-refractivity contribution in [3.8, 4) is 0 Å². The molecule has 2 aromatic heterocycles. The first kappa shape index (κ1) is 16.7. The Bertz CT molecular complexity index is 841. The number of likely N-dealkylation sites (tertiary alicyclic amines) is 1. The summed E-state index contributed by atoms with van der Waals surface area (Å²) in [6.45, 7) is 1.77. The number of hydrogen-bond donors (Lipinski definition) is 1. The molecule has 3 aromatic rings. The molecule has 1 aliphatic heterocycles. The number of halogens is 1. The summed E-state index contributed by atoms with van der Waals surface area (Å²) in [6, 6.07) is 10.9. The maximum atomic E-state index is 12.8. The molecular formula is C17H19ClN2OS2. The molecular weight excluding hydrogens is 348 g/mol. The zero-order chi connectivity index (χ0) is 15.1. The molecule has 3 nitrogen and oxygen atoms in total. The lowest BCUT2D eigenvalue weighted by Crippen LogP contribution is -2.40. The van der Waals surface area contributed by atoms with Crippen LogP contribution in [-0.2, 0) is 0 Å². The maximum absolute atomic E-state index is 12.8. The van der Waals surface area contributed by atoms with Crippen LogP contribution in [0.3, 0.4) is 0 Å². The number of nitrogens with zero attached hydrogens (tertiary/aromatic N) is 1. The monoisotopic (exact) mass is 366 g/mol. The molecule has 0 radical (unpaired) electrons. The highest BCUT2D eigenvalue weighted by Crippen LogP contribution is 2.40. The second-order valence-corrected chi connectivity index (χ2v) is 7.89. The first-order chi connectivity index (χ1) is 10.8. The van der Waals surface area contributed by atoms with Gasteiger partial charge in [0, 0.05) is 33.9 Å². The first-order valence-corrected chi connectivity index (χ1v) is 9.28. The molecule has 1 saturated heterocycles. The van der Waals surface area contributed by atoms with Crippen LogP contribution in [0.25, 0.3) is 19.5 Å². The third-order valence-electron chi connectivity index (χ3n) is 4.34. The average molecular weight is 367 g/mol. The molecule has 0 bridgehead atoms. The summed E-state index contributed by atoms with van der Waals surface area (Å²) < 4.78 is 3.80. The highest BCUT2D eigenvalue weighted by molar-refractivity contribution is 7.33. The number of thiophene rings is 2. The third-order valence-corrected chi connectivity index (χ3v) is 6.74. The Morgan fingerprint density at radius 3 is 2.96 bits per heavy atom. The zero-order valence-corrected chi connectivity index (χ0v) is 15.3. The summed E-state index contributed by atoms with van der Waals surface area (Å²) in [5.41, 5.74) is 0. The predicted octanol–water partition coefficient (Wildman–Crippen LogP) is 4.36. The van der Waals surface area contributed by atoms with Gasteiger partial charge in [-0.1, -0.05) is 18.2 Å². The highest BCUT2D eigenvalue weighted by Gasteiger charge is 2.30. The molecule has 0 saturated carbocycles. The summed E-state index contributed by atoms with van der Waals surface area (Å²) in [7, 11) is 1.95. The van der Waals surface area contributed by atoms with Gasteiger partial charge in [0.1, 0.15) is 0 Å². The minimum atomic E-state index is 0. The summed E-state index contributed by atoms with van der Waals surface area (Å²) in [5, 5.41) is 4.48. The standard InChI is InChI=1S/C17H18N2OS2.ClH/c1-18-10-11-5-4-8-19(11)17(20)15-9-14-16(22-15)12-6-2-3-7-13(12)21-14;/h2-3,6-7,9,11,18H,4-5,8,10H2,1H3;1H. The van der Waals surface area contributed by atoms with E-state index in [1.54, 1.807) is 22.7 Å². The molecule has 1 aliphatic rings. The Morgan fingerprint density at radius 1 is 1.30 bits per heavy atom. The number of amides is 1. The molecule has 1 aromatic carbocycles. The van der Waals surface area contributed by atoms with Crippen molar-refractivity contribution in [3.63, 3.8) is 0 Å². The second kappa shape index (κ2) is 6.77. The Hall–Kier alpha value is -1.14. The molecule has 6 heteroatoms. The predicted molar refractivity (Wildman–Crippen MR) is 102 cm³/mol. The number of rotatable bonds is 3. The van der Waals surface area contributed by atoms with Crippen LogP contribution in [-0.4, -0.2) is 37.0 Å². The Kier molecular flexibility index (Phi) is 4.92. The van der Waals surface area contributed by atoms with Crippen LogP contribution >= 0.6 is 35.1 Å². The van der Waals surface area contributed by atoms with Gasteiger partial charge >= 0.3 is 0 Å². The van der Waals surface area contributed by atoms with Gasteiger partial charge < -0.3 is 10.2 Å². The highest BCUT2D eigenvalue weighted by atomic mass is 35.5. The van der Waals surface area contributed by atoms with Gasteiger partial charge in [0.25, 0.3) is 5.91 Å². The first-order valence-electron chi connectivity index (χ1n) is 7.64. The summed E-state index contributed by atoms with van der Waals surface area (Å²) >= 11 is 3.43. The Morgan fingerprint density at radius 2 is 2.13 bits per heavy atom. The van der Waals surface area contributed by atoms with E-state index < -0.39 is 0 Å². The van der Waals surface area contributed by atoms with E-state index >= 15 is 0 Å². The van der Waals surface area contributed by atoms with Gasteiger partial charge in [-0.25, -0.2) is 0 Å². The molecule has 4 rings (SSSR count). The van der Waals surface area contributed by atoms with Crippen molar-refractivity contribution in [1.29, 1.82) is 0 Å². The lowest BCUT2D eigenvalue weighted by molar-refractivity contribution is 0.0742. The van der Waals surface area contributed by atoms with Gasteiger partial charge in [-0.15, -0.1) is 35.1 Å². The molecule has 1 N–H and O–H groups in total. The quantitative estimate of drug-likeness (QED) is 0.746. The van der Waals surface area contributed by atoms with E-state index in [1.165, 1.54) is 19.5 Å². The van der Waals surface area contributed by atoms with Gasteiger partial charge in [-0.3, -0.25) is 4.79 Å². The minimum Gasteiger partial charge on any atom is -0.334 e. The normalized spacial score (nSPS) is 17.8. The van der Waals surface area contributed by atoms with Gasteiger partial charge in [0.05, 0.1) is 9.58 Å². The molecule has 1 fully saturated rings. The van der Waals surface area contributed by atoms with Crippen molar-refractivity contribution in [2.24, 2.45) is 0 Å². The fraction of sp³-hybridized carbons (Fsp3) is 0.353. The van der Waals surface area contributed by atoms with Crippen LogP contribution in [0, 0.1) is 0 Å². The smallest absolute Gasteiger partial charge is 0.264 e. The van der Waals surface area contributed by atoms with E-state index in [0.29, 0.717) is 6.04 Å². The second-order valence-electron chi connectivity index (χ2n) is 5.75. The lowest BCUT2D eigenvalue weighted by Gasteiger charge is -2.23. The van der Waals surface area contributed by atoms with E-state index in [1.807, 2.05) is 11.9 Å². The van der Waals surface area contributed by atoms with Crippen molar-refractivity contribution in [3.05, 3.63) is 35.2 Å². The van der Waals surface area contributed by atoms with E-state index in [9.17, 15) is 4.79 Å². The molecule has 0 aliphatic carbocycles. The van der Waals surface area contributed by atoms with E-state index in [0.717, 1.165) is 30.8 Å². The number of carbonyl (C=O) groups excluding carboxylic acids is 1. The van der Waals surface area contributed by atoms with Gasteiger partial charge in [0.15, 0.2) is 0 Å². The summed E-state index contributed by atoms with van der Waals surface area (Å²) in [5.74, 6) is 0.204. The Balaban J connectivity index is 0.00000156. The molecule has 23 heavy (non-hydrogen) atoms. The van der Waals surface area contributed by atoms with Crippen LogP contribution in [0.4, 0.5) is 0 Å². The van der Waals surface area contributed by atoms with Crippen LogP contribution in [0.5, 0.6) is 0 Å². The molecule has 0 spiro atoms. The summed E-state index contributed by atoms with van der Waals surface area (Å²) in [4.78, 5) is 15.8. The average Bonchev–Trinajstić information content (AvgIpc) is 3.20. The minimum absolute atomic E-state index is 0. The topological polar surface area (TPSA) is 32.3 Å².